The zero-order valence-electron chi connectivity index (χ0n) is 9.06. The maximum Gasteiger partial charge on any atom is 0.330 e. The zero-order chi connectivity index (χ0) is 11.5. The third-order valence-electron chi connectivity index (χ3n) is 2.16. The largest absolute Gasteiger partial charge is 0.466 e. The van der Waals surface area contributed by atoms with E-state index in [0.29, 0.717) is 0 Å². The molecule has 1 heterocycles. The number of thiazole rings is 1. The second-order valence-electron chi connectivity index (χ2n) is 3.28. The summed E-state index contributed by atoms with van der Waals surface area (Å²) in [6, 6.07) is 5.91. The molecule has 0 amide bonds. The summed E-state index contributed by atoms with van der Waals surface area (Å²) in [6.07, 6.45) is 3.14. The van der Waals surface area contributed by atoms with Crippen LogP contribution in [0.3, 0.4) is 0 Å². The molecule has 0 unspecified atom stereocenters. The van der Waals surface area contributed by atoms with Crippen LogP contribution in [0.15, 0.2) is 24.3 Å². The van der Waals surface area contributed by atoms with Crippen LogP contribution in [-0.4, -0.2) is 18.1 Å². The molecule has 0 saturated heterocycles. The molecule has 0 aliphatic rings. The van der Waals surface area contributed by atoms with Crippen LogP contribution in [0.5, 0.6) is 0 Å². The minimum Gasteiger partial charge on any atom is -0.466 e. The molecule has 0 N–H and O–H groups in total. The molecule has 0 aliphatic heterocycles. The van der Waals surface area contributed by atoms with Crippen LogP contribution in [0.1, 0.15) is 10.6 Å². The Morgan fingerprint density at radius 1 is 1.50 bits per heavy atom. The molecule has 0 atom stereocenters. The Kier molecular flexibility index (Phi) is 3.01. The van der Waals surface area contributed by atoms with Crippen molar-refractivity contribution in [2.24, 2.45) is 0 Å². The lowest BCUT2D eigenvalue weighted by Crippen LogP contribution is -1.93. The molecular formula is C12H11NO2S. The van der Waals surface area contributed by atoms with E-state index in [-0.39, 0.29) is 5.97 Å². The highest BCUT2D eigenvalue weighted by molar-refractivity contribution is 7.18. The number of hydrogen-bond donors (Lipinski definition) is 0. The topological polar surface area (TPSA) is 39.2 Å². The van der Waals surface area contributed by atoms with Crippen molar-refractivity contribution >= 4 is 33.6 Å². The fraction of sp³-hybridized carbons (Fsp3) is 0.167. The minimum atomic E-state index is -0.357. The smallest absolute Gasteiger partial charge is 0.330 e. The number of fused-ring (bicyclic) bond motifs is 1. The van der Waals surface area contributed by atoms with E-state index >= 15 is 0 Å². The van der Waals surface area contributed by atoms with Crippen molar-refractivity contribution in [3.63, 3.8) is 0 Å². The fourth-order valence-corrected chi connectivity index (χ4v) is 2.30. The summed E-state index contributed by atoms with van der Waals surface area (Å²) >= 11 is 1.65. The lowest BCUT2D eigenvalue weighted by molar-refractivity contribution is -0.134. The number of benzene rings is 1. The molecule has 16 heavy (non-hydrogen) atoms. The third-order valence-corrected chi connectivity index (χ3v) is 3.09. The molecular weight excluding hydrogens is 222 g/mol. The normalized spacial score (nSPS) is 11.1. The standard InChI is InChI=1S/C12H11NO2S/c1-8-13-12-9(6-7-11(14)15-2)4-3-5-10(12)16-8/h3-7H,1-2H3. The average Bonchev–Trinajstić information content (AvgIpc) is 2.66. The number of rotatable bonds is 2. The Bertz CT molecular complexity index is 557. The van der Waals surface area contributed by atoms with Crippen molar-refractivity contribution < 1.29 is 9.53 Å². The van der Waals surface area contributed by atoms with Gasteiger partial charge in [0, 0.05) is 11.6 Å². The fourth-order valence-electron chi connectivity index (χ4n) is 1.44. The summed E-state index contributed by atoms with van der Waals surface area (Å²) in [5.74, 6) is -0.357. The van der Waals surface area contributed by atoms with Gasteiger partial charge in [-0.1, -0.05) is 12.1 Å². The van der Waals surface area contributed by atoms with E-state index in [1.165, 1.54) is 13.2 Å². The Morgan fingerprint density at radius 3 is 3.06 bits per heavy atom. The molecule has 1 aromatic carbocycles. The van der Waals surface area contributed by atoms with Gasteiger partial charge < -0.3 is 4.74 Å². The van der Waals surface area contributed by atoms with Crippen molar-refractivity contribution in [3.8, 4) is 0 Å². The van der Waals surface area contributed by atoms with Crippen LogP contribution in [0.4, 0.5) is 0 Å². The summed E-state index contributed by atoms with van der Waals surface area (Å²) in [5.41, 5.74) is 1.87. The second kappa shape index (κ2) is 4.45. The van der Waals surface area contributed by atoms with Crippen LogP contribution in [-0.2, 0) is 9.53 Å². The lowest BCUT2D eigenvalue weighted by Gasteiger charge is -1.94. The van der Waals surface area contributed by atoms with Crippen molar-refractivity contribution in [1.82, 2.24) is 4.98 Å². The number of carbonyl (C=O) groups is 1. The predicted molar refractivity (Wildman–Crippen MR) is 65.4 cm³/mol. The van der Waals surface area contributed by atoms with Crippen LogP contribution in [0, 0.1) is 6.92 Å². The van der Waals surface area contributed by atoms with Gasteiger partial charge in [0.05, 0.1) is 22.3 Å². The first kappa shape index (κ1) is 10.8. The minimum absolute atomic E-state index is 0.357. The van der Waals surface area contributed by atoms with E-state index in [1.54, 1.807) is 17.4 Å². The number of hydrogen-bond acceptors (Lipinski definition) is 4. The number of para-hydroxylation sites is 1. The van der Waals surface area contributed by atoms with E-state index in [9.17, 15) is 4.79 Å². The quantitative estimate of drug-likeness (QED) is 0.591. The van der Waals surface area contributed by atoms with Gasteiger partial charge in [0.25, 0.3) is 0 Å². The molecule has 2 aromatic rings. The molecule has 2 rings (SSSR count). The predicted octanol–water partition coefficient (Wildman–Crippen LogP) is 2.79. The maximum atomic E-state index is 11.0. The molecule has 3 nitrogen and oxygen atoms in total. The van der Waals surface area contributed by atoms with Crippen molar-refractivity contribution in [2.45, 2.75) is 6.92 Å². The number of aromatic nitrogens is 1. The number of esters is 1. The van der Waals surface area contributed by atoms with Gasteiger partial charge in [0.15, 0.2) is 0 Å². The van der Waals surface area contributed by atoms with E-state index in [1.807, 2.05) is 25.1 Å². The SMILES string of the molecule is COC(=O)C=Cc1cccc2sc(C)nc12. The van der Waals surface area contributed by atoms with E-state index in [4.69, 9.17) is 0 Å². The number of nitrogens with zero attached hydrogens (tertiary/aromatic N) is 1. The van der Waals surface area contributed by atoms with Gasteiger partial charge in [0.2, 0.25) is 0 Å². The molecule has 0 radical (unpaired) electrons. The molecule has 0 bridgehead atoms. The second-order valence-corrected chi connectivity index (χ2v) is 4.52. The van der Waals surface area contributed by atoms with E-state index in [2.05, 4.69) is 9.72 Å². The molecule has 0 spiro atoms. The molecule has 1 aromatic heterocycles. The lowest BCUT2D eigenvalue weighted by atomic mass is 10.2. The molecule has 0 fully saturated rings. The first-order valence-electron chi connectivity index (χ1n) is 4.83. The van der Waals surface area contributed by atoms with E-state index < -0.39 is 0 Å². The number of aryl methyl sites for hydroxylation is 1. The highest BCUT2D eigenvalue weighted by Gasteiger charge is 2.03. The number of methoxy groups -OCH3 is 1. The van der Waals surface area contributed by atoms with Crippen molar-refractivity contribution in [3.05, 3.63) is 34.8 Å². The first-order valence-corrected chi connectivity index (χ1v) is 5.64. The van der Waals surface area contributed by atoms with Gasteiger partial charge in [-0.25, -0.2) is 9.78 Å². The van der Waals surface area contributed by atoms with Crippen molar-refractivity contribution in [1.29, 1.82) is 0 Å². The molecule has 0 aliphatic carbocycles. The Hall–Kier alpha value is -1.68. The molecule has 0 saturated carbocycles. The molecule has 82 valence electrons. The van der Waals surface area contributed by atoms with Gasteiger partial charge in [-0.15, -0.1) is 11.3 Å². The van der Waals surface area contributed by atoms with Gasteiger partial charge >= 0.3 is 5.97 Å². The van der Waals surface area contributed by atoms with Crippen LogP contribution < -0.4 is 0 Å². The number of carbonyl (C=O) groups excluding carboxylic acids is 1. The van der Waals surface area contributed by atoms with Crippen LogP contribution in [0.25, 0.3) is 16.3 Å². The van der Waals surface area contributed by atoms with Crippen LogP contribution >= 0.6 is 11.3 Å². The van der Waals surface area contributed by atoms with Gasteiger partial charge in [0.1, 0.15) is 0 Å². The van der Waals surface area contributed by atoms with Gasteiger partial charge in [-0.05, 0) is 19.1 Å². The Balaban J connectivity index is 2.44. The van der Waals surface area contributed by atoms with Gasteiger partial charge in [-0.2, -0.15) is 0 Å². The number of ether oxygens (including phenoxy) is 1. The first-order chi connectivity index (χ1) is 7.70. The zero-order valence-corrected chi connectivity index (χ0v) is 9.88. The third kappa shape index (κ3) is 2.12. The summed E-state index contributed by atoms with van der Waals surface area (Å²) in [5, 5.41) is 1.02. The summed E-state index contributed by atoms with van der Waals surface area (Å²) < 4.78 is 5.67. The summed E-state index contributed by atoms with van der Waals surface area (Å²) in [6.45, 7) is 1.97. The van der Waals surface area contributed by atoms with Gasteiger partial charge in [-0.3, -0.25) is 0 Å². The summed E-state index contributed by atoms with van der Waals surface area (Å²) in [4.78, 5) is 15.4. The van der Waals surface area contributed by atoms with Crippen molar-refractivity contribution in [2.75, 3.05) is 7.11 Å². The Morgan fingerprint density at radius 2 is 2.31 bits per heavy atom. The average molecular weight is 233 g/mol. The highest BCUT2D eigenvalue weighted by atomic mass is 32.1. The molecule has 4 heteroatoms. The monoisotopic (exact) mass is 233 g/mol. The summed E-state index contributed by atoms with van der Waals surface area (Å²) in [7, 11) is 1.36. The van der Waals surface area contributed by atoms with Crippen LogP contribution in [0.2, 0.25) is 0 Å². The van der Waals surface area contributed by atoms with E-state index in [0.717, 1.165) is 20.8 Å². The highest BCUT2D eigenvalue weighted by Crippen LogP contribution is 2.25. The maximum absolute atomic E-state index is 11.0. The Labute approximate surface area is 97.4 Å².